The molecule has 2 heterocycles. The summed E-state index contributed by atoms with van der Waals surface area (Å²) in [6.07, 6.45) is 4.22. The summed E-state index contributed by atoms with van der Waals surface area (Å²) in [6.45, 7) is 7.56. The molecule has 274 valence electrons. The molecule has 1 saturated heterocycles. The van der Waals surface area contributed by atoms with Crippen LogP contribution in [0.4, 0.5) is 4.39 Å². The number of hydrogen-bond acceptors (Lipinski definition) is 9. The number of carboxylic acids is 1. The molecule has 6 atom stereocenters. The van der Waals surface area contributed by atoms with Crippen LogP contribution in [0.1, 0.15) is 99.8 Å². The first-order valence-electron chi connectivity index (χ1n) is 17.4. The number of carboxylic acid groups (broad SMARTS) is 1. The molecule has 1 aliphatic heterocycles. The third-order valence-electron chi connectivity index (χ3n) is 9.48. The fourth-order valence-electron chi connectivity index (χ4n) is 6.31. The summed E-state index contributed by atoms with van der Waals surface area (Å²) in [4.78, 5) is 70.6. The molecule has 4 rings (SSSR count). The first-order chi connectivity index (χ1) is 23.7. The van der Waals surface area contributed by atoms with Crippen LogP contribution in [0.2, 0.25) is 0 Å². The van der Waals surface area contributed by atoms with Gasteiger partial charge in [-0.05, 0) is 81.6 Å². The molecular formula is C36H50FN5O7S. The number of aromatic nitrogens is 1. The summed E-state index contributed by atoms with van der Waals surface area (Å²) in [7, 11) is 1.93. The van der Waals surface area contributed by atoms with Crippen molar-refractivity contribution >= 4 is 41.0 Å². The highest BCUT2D eigenvalue weighted by atomic mass is 32.1. The van der Waals surface area contributed by atoms with Crippen LogP contribution in [0.15, 0.2) is 29.6 Å². The Labute approximate surface area is 296 Å². The van der Waals surface area contributed by atoms with Crippen molar-refractivity contribution in [3.8, 4) is 0 Å². The Kier molecular flexibility index (Phi) is 13.9. The third-order valence-corrected chi connectivity index (χ3v) is 10.4. The largest absolute Gasteiger partial charge is 0.481 e. The number of rotatable bonds is 17. The van der Waals surface area contributed by atoms with Gasteiger partial charge in [0.1, 0.15) is 22.6 Å². The van der Waals surface area contributed by atoms with Crippen molar-refractivity contribution in [1.29, 1.82) is 0 Å². The highest BCUT2D eigenvalue weighted by Gasteiger charge is 2.40. The van der Waals surface area contributed by atoms with E-state index in [0.29, 0.717) is 5.01 Å². The number of nitrogens with one attached hydrogen (secondary N) is 3. The van der Waals surface area contributed by atoms with E-state index in [9.17, 15) is 33.5 Å². The summed E-state index contributed by atoms with van der Waals surface area (Å²) in [5.74, 6) is -3.64. The molecule has 2 aliphatic rings. The number of likely N-dealkylation sites (tertiary alicyclic amines) is 1. The average molecular weight is 716 g/mol. The number of thiazole rings is 1. The normalized spacial score (nSPS) is 19.5. The van der Waals surface area contributed by atoms with Crippen LogP contribution in [0.5, 0.6) is 0 Å². The molecule has 12 nitrogen and oxygen atoms in total. The molecule has 0 bridgehead atoms. The third kappa shape index (κ3) is 11.3. The number of aliphatic carboxylic acids is 1. The smallest absolute Gasteiger partial charge is 0.306 e. The summed E-state index contributed by atoms with van der Waals surface area (Å²) in [5.41, 5.74) is 0.804. The van der Waals surface area contributed by atoms with Gasteiger partial charge in [-0.25, -0.2) is 9.37 Å². The Morgan fingerprint density at radius 3 is 2.32 bits per heavy atom. The Balaban J connectivity index is 1.45. The summed E-state index contributed by atoms with van der Waals surface area (Å²) < 4.78 is 19.1. The van der Waals surface area contributed by atoms with Crippen molar-refractivity contribution in [2.75, 3.05) is 13.6 Å². The van der Waals surface area contributed by atoms with E-state index < -0.39 is 53.8 Å². The van der Waals surface area contributed by atoms with E-state index in [2.05, 4.69) is 20.9 Å². The van der Waals surface area contributed by atoms with Crippen LogP contribution in [-0.2, 0) is 30.3 Å². The van der Waals surface area contributed by atoms with Crippen molar-refractivity contribution in [1.82, 2.24) is 25.8 Å². The number of ether oxygens (including phenoxy) is 1. The zero-order valence-corrected chi connectivity index (χ0v) is 30.3. The van der Waals surface area contributed by atoms with Crippen molar-refractivity contribution in [3.63, 3.8) is 0 Å². The van der Waals surface area contributed by atoms with Crippen molar-refractivity contribution in [2.45, 2.75) is 109 Å². The number of piperidine rings is 1. The fourth-order valence-corrected chi connectivity index (χ4v) is 7.15. The van der Waals surface area contributed by atoms with Crippen LogP contribution in [0, 0.1) is 23.6 Å². The lowest BCUT2D eigenvalue weighted by Gasteiger charge is -2.33. The molecule has 2 aromatic rings. The SMILES string of the molecule is CC(=O)O[C@H](C[C@@H](NC(=O)[C@@H](NC(=O)[C@H]1CCCCN1C)C1CC1)C(C)C)c1nc(C(=O)N[C@@H](Cc2ccc(F)cc2)C[C@H](C)C(=O)O)cs1. The average Bonchev–Trinajstić information content (AvgIpc) is 3.77. The summed E-state index contributed by atoms with van der Waals surface area (Å²) >= 11 is 1.14. The van der Waals surface area contributed by atoms with Gasteiger partial charge in [0.25, 0.3) is 5.91 Å². The number of hydrogen-bond donors (Lipinski definition) is 4. The number of carbonyl (C=O) groups excluding carboxylic acids is 4. The molecule has 1 aromatic carbocycles. The molecule has 50 heavy (non-hydrogen) atoms. The highest BCUT2D eigenvalue weighted by Crippen LogP contribution is 2.34. The Morgan fingerprint density at radius 2 is 1.72 bits per heavy atom. The van der Waals surface area contributed by atoms with E-state index >= 15 is 0 Å². The zero-order valence-electron chi connectivity index (χ0n) is 29.4. The van der Waals surface area contributed by atoms with Crippen LogP contribution in [0.25, 0.3) is 0 Å². The lowest BCUT2D eigenvalue weighted by atomic mass is 9.96. The maximum atomic E-state index is 13.7. The predicted molar refractivity (Wildman–Crippen MR) is 186 cm³/mol. The number of likely N-dealkylation sites (N-methyl/N-ethyl adjacent to an activating group) is 1. The second-order valence-corrected chi connectivity index (χ2v) is 14.9. The number of benzene rings is 1. The lowest BCUT2D eigenvalue weighted by molar-refractivity contribution is -0.147. The fraction of sp³-hybridized carbons (Fsp3) is 0.611. The van der Waals surface area contributed by atoms with E-state index in [1.54, 1.807) is 24.4 Å². The monoisotopic (exact) mass is 715 g/mol. The summed E-state index contributed by atoms with van der Waals surface area (Å²) in [6, 6.07) is 3.85. The summed E-state index contributed by atoms with van der Waals surface area (Å²) in [5, 5.41) is 20.4. The predicted octanol–water partition coefficient (Wildman–Crippen LogP) is 4.25. The second kappa shape index (κ2) is 17.8. The highest BCUT2D eigenvalue weighted by molar-refractivity contribution is 7.09. The minimum atomic E-state index is -1.00. The Hall–Kier alpha value is -3.91. The van der Waals surface area contributed by atoms with Gasteiger partial charge in [0, 0.05) is 30.8 Å². The standard InChI is InChI=1S/C36H50FN5O7S/c1-20(2)27(39-34(46)31(24-11-12-24)41-33(45)29-8-6-7-15-42(29)5)18-30(49-22(4)43)35-40-28(19-50-35)32(44)38-26(16-21(3)36(47)48)17-23-9-13-25(37)14-10-23/h9-10,13-14,19-21,24,26-27,29-31H,6-8,11-12,15-18H2,1-5H3,(H,38,44)(H,39,46)(H,41,45)(H,47,48)/t21-,26+,27+,29+,30+,31-/m0/s1. The van der Waals surface area contributed by atoms with Crippen molar-refractivity contribution in [3.05, 3.63) is 51.7 Å². The van der Waals surface area contributed by atoms with E-state index in [4.69, 9.17) is 4.74 Å². The number of amides is 3. The van der Waals surface area contributed by atoms with Gasteiger partial charge in [-0.1, -0.05) is 39.3 Å². The van der Waals surface area contributed by atoms with Crippen LogP contribution in [-0.4, -0.2) is 82.4 Å². The molecule has 3 amide bonds. The van der Waals surface area contributed by atoms with E-state index in [0.717, 1.165) is 55.5 Å². The van der Waals surface area contributed by atoms with Crippen LogP contribution in [0.3, 0.4) is 0 Å². The van der Waals surface area contributed by atoms with Gasteiger partial charge in [-0.2, -0.15) is 0 Å². The Morgan fingerprint density at radius 1 is 1.02 bits per heavy atom. The van der Waals surface area contributed by atoms with E-state index in [1.807, 2.05) is 25.8 Å². The molecule has 1 aliphatic carbocycles. The molecular weight excluding hydrogens is 665 g/mol. The number of halogens is 1. The Bertz CT molecular complexity index is 1500. The van der Waals surface area contributed by atoms with Crippen molar-refractivity contribution < 1.29 is 38.2 Å². The van der Waals surface area contributed by atoms with Crippen LogP contribution < -0.4 is 16.0 Å². The van der Waals surface area contributed by atoms with E-state index in [1.165, 1.54) is 19.1 Å². The number of carbonyl (C=O) groups is 5. The number of nitrogens with zero attached hydrogens (tertiary/aromatic N) is 2. The number of esters is 1. The molecule has 0 unspecified atom stereocenters. The van der Waals surface area contributed by atoms with E-state index in [-0.39, 0.29) is 54.6 Å². The second-order valence-electron chi connectivity index (χ2n) is 14.1. The maximum Gasteiger partial charge on any atom is 0.306 e. The first kappa shape index (κ1) is 38.9. The first-order valence-corrected chi connectivity index (χ1v) is 18.3. The van der Waals surface area contributed by atoms with Gasteiger partial charge in [0.2, 0.25) is 11.8 Å². The zero-order chi connectivity index (χ0) is 36.5. The maximum absolute atomic E-state index is 13.7. The lowest BCUT2D eigenvalue weighted by Crippen LogP contribution is -2.56. The van der Waals surface area contributed by atoms with Crippen molar-refractivity contribution in [2.24, 2.45) is 17.8 Å². The molecule has 2 fully saturated rings. The quantitative estimate of drug-likeness (QED) is 0.175. The van der Waals surface area contributed by atoms with Gasteiger partial charge in [0.15, 0.2) is 6.10 Å². The molecule has 1 saturated carbocycles. The van der Waals surface area contributed by atoms with Gasteiger partial charge < -0.3 is 25.8 Å². The minimum absolute atomic E-state index is 0.0651. The molecule has 0 spiro atoms. The van der Waals surface area contributed by atoms with Gasteiger partial charge in [-0.3, -0.25) is 28.9 Å². The molecule has 0 radical (unpaired) electrons. The van der Waals surface area contributed by atoms with Crippen LogP contribution >= 0.6 is 11.3 Å². The molecule has 4 N–H and O–H groups in total. The minimum Gasteiger partial charge on any atom is -0.481 e. The van der Waals surface area contributed by atoms with Gasteiger partial charge >= 0.3 is 11.9 Å². The van der Waals surface area contributed by atoms with Gasteiger partial charge in [0.05, 0.1) is 12.0 Å². The topological polar surface area (TPSA) is 167 Å². The molecule has 1 aromatic heterocycles. The molecule has 14 heteroatoms. The van der Waals surface area contributed by atoms with Gasteiger partial charge in [-0.15, -0.1) is 11.3 Å².